The van der Waals surface area contributed by atoms with E-state index in [1.165, 1.54) is 15.0 Å². The van der Waals surface area contributed by atoms with Crippen molar-refractivity contribution >= 4 is 35.7 Å². The molecule has 0 N–H and O–H groups in total. The normalized spacial score (nSPS) is 11.8. The first-order valence-electron chi connectivity index (χ1n) is 5.66. The zero-order chi connectivity index (χ0) is 12.5. The van der Waals surface area contributed by atoms with Gasteiger partial charge in [-0.15, -0.1) is 11.3 Å². The van der Waals surface area contributed by atoms with Gasteiger partial charge in [-0.1, -0.05) is 49.1 Å². The summed E-state index contributed by atoms with van der Waals surface area (Å²) in [6.07, 6.45) is 2.06. The largest absolute Gasteiger partial charge is 0.238 e. The molecule has 1 aromatic carbocycles. The summed E-state index contributed by atoms with van der Waals surface area (Å²) < 4.78 is 2.64. The summed E-state index contributed by atoms with van der Waals surface area (Å²) in [6.45, 7) is 9.20. The quantitative estimate of drug-likeness (QED) is 0.783. The summed E-state index contributed by atoms with van der Waals surface area (Å²) in [5.74, 6) is 0. The van der Waals surface area contributed by atoms with Crippen molar-refractivity contribution in [3.05, 3.63) is 36.0 Å². The summed E-state index contributed by atoms with van der Waals surface area (Å²) in [7, 11) is -1.20. The highest BCUT2D eigenvalue weighted by Gasteiger charge is 2.19. The van der Waals surface area contributed by atoms with Crippen LogP contribution in [-0.4, -0.2) is 13.1 Å². The highest BCUT2D eigenvalue weighted by atomic mass is 32.2. The Hall–Kier alpha value is -0.583. The van der Waals surface area contributed by atoms with Crippen LogP contribution in [0.25, 0.3) is 0 Å². The highest BCUT2D eigenvalue weighted by Crippen LogP contribution is 2.29. The van der Waals surface area contributed by atoms with Crippen LogP contribution in [0, 0.1) is 6.92 Å². The lowest BCUT2D eigenvalue weighted by Gasteiger charge is -2.11. The lowest BCUT2D eigenvalue weighted by atomic mass is 10.2. The molecule has 1 heterocycles. The number of hydrogen-bond donors (Lipinski definition) is 0. The molecular formula is C13H17NS2Si. The standard InChI is InChI=1S/C13H17NS2Si/c1-10-5-7-11(8-6-10)15-13-14-9-12(16-13)17(2,3)4/h5-9H,1-4H3. The van der Waals surface area contributed by atoms with Gasteiger partial charge in [-0.05, 0) is 19.1 Å². The zero-order valence-corrected chi connectivity index (χ0v) is 13.3. The van der Waals surface area contributed by atoms with Crippen molar-refractivity contribution in [1.29, 1.82) is 0 Å². The summed E-state index contributed by atoms with van der Waals surface area (Å²) in [6, 6.07) is 8.62. The van der Waals surface area contributed by atoms with Crippen molar-refractivity contribution in [2.45, 2.75) is 35.8 Å². The molecule has 0 fully saturated rings. The predicted octanol–water partition coefficient (Wildman–Crippen LogP) is 4.15. The van der Waals surface area contributed by atoms with Crippen molar-refractivity contribution < 1.29 is 0 Å². The van der Waals surface area contributed by atoms with Gasteiger partial charge in [-0.25, -0.2) is 4.98 Å². The second kappa shape index (κ2) is 4.96. The van der Waals surface area contributed by atoms with E-state index in [0.717, 1.165) is 4.34 Å². The van der Waals surface area contributed by atoms with Crippen LogP contribution in [0.4, 0.5) is 0 Å². The minimum absolute atomic E-state index is 1.16. The van der Waals surface area contributed by atoms with Crippen molar-refractivity contribution in [2.75, 3.05) is 0 Å². The SMILES string of the molecule is Cc1ccc(Sc2ncc([Si](C)(C)C)s2)cc1. The third-order valence-corrected chi connectivity index (χ3v) is 8.09. The number of rotatable bonds is 3. The first-order chi connectivity index (χ1) is 7.95. The van der Waals surface area contributed by atoms with E-state index >= 15 is 0 Å². The fourth-order valence-electron chi connectivity index (χ4n) is 1.36. The number of benzene rings is 1. The number of thiazole rings is 1. The first kappa shape index (κ1) is 12.9. The molecule has 0 aliphatic rings. The van der Waals surface area contributed by atoms with Gasteiger partial charge in [0.15, 0.2) is 4.34 Å². The van der Waals surface area contributed by atoms with Gasteiger partial charge in [0.05, 0.1) is 8.07 Å². The molecule has 0 unspecified atom stereocenters. The Balaban J connectivity index is 2.14. The van der Waals surface area contributed by atoms with Crippen LogP contribution in [0.1, 0.15) is 5.56 Å². The van der Waals surface area contributed by atoms with Crippen LogP contribution >= 0.6 is 23.1 Å². The molecule has 17 heavy (non-hydrogen) atoms. The minimum Gasteiger partial charge on any atom is -0.238 e. The minimum atomic E-state index is -1.20. The molecule has 2 aromatic rings. The topological polar surface area (TPSA) is 12.9 Å². The second-order valence-electron chi connectivity index (χ2n) is 5.16. The fraction of sp³-hybridized carbons (Fsp3) is 0.308. The average Bonchev–Trinajstić information content (AvgIpc) is 2.69. The summed E-state index contributed by atoms with van der Waals surface area (Å²) >= 11 is 3.62. The van der Waals surface area contributed by atoms with Crippen LogP contribution in [-0.2, 0) is 0 Å². The van der Waals surface area contributed by atoms with E-state index in [2.05, 4.69) is 62.0 Å². The number of hydrogen-bond acceptors (Lipinski definition) is 3. The van der Waals surface area contributed by atoms with Gasteiger partial charge in [0, 0.05) is 15.6 Å². The molecule has 1 aromatic heterocycles. The molecule has 0 amide bonds. The lowest BCUT2D eigenvalue weighted by molar-refractivity contribution is 1.25. The third-order valence-electron chi connectivity index (χ3n) is 2.45. The zero-order valence-electron chi connectivity index (χ0n) is 10.7. The monoisotopic (exact) mass is 279 g/mol. The van der Waals surface area contributed by atoms with Gasteiger partial charge in [0.1, 0.15) is 0 Å². The van der Waals surface area contributed by atoms with Gasteiger partial charge in [0.25, 0.3) is 0 Å². The van der Waals surface area contributed by atoms with Crippen LogP contribution in [0.15, 0.2) is 39.7 Å². The molecule has 0 aliphatic carbocycles. The lowest BCUT2D eigenvalue weighted by Crippen LogP contribution is -2.34. The molecule has 0 atom stereocenters. The van der Waals surface area contributed by atoms with E-state index < -0.39 is 8.07 Å². The van der Waals surface area contributed by atoms with Crippen LogP contribution in [0.2, 0.25) is 19.6 Å². The highest BCUT2D eigenvalue weighted by molar-refractivity contribution is 8.01. The fourth-order valence-corrected chi connectivity index (χ4v) is 5.25. The smallest absolute Gasteiger partial charge is 0.154 e. The van der Waals surface area contributed by atoms with E-state index in [4.69, 9.17) is 0 Å². The molecule has 4 heteroatoms. The van der Waals surface area contributed by atoms with Crippen molar-refractivity contribution in [1.82, 2.24) is 4.98 Å². The van der Waals surface area contributed by atoms with Crippen LogP contribution < -0.4 is 4.50 Å². The molecule has 90 valence electrons. The van der Waals surface area contributed by atoms with E-state index in [1.54, 1.807) is 11.8 Å². The van der Waals surface area contributed by atoms with E-state index in [9.17, 15) is 0 Å². The maximum absolute atomic E-state index is 4.52. The Kier molecular flexibility index (Phi) is 3.75. The van der Waals surface area contributed by atoms with E-state index in [0.29, 0.717) is 0 Å². The molecule has 0 radical (unpaired) electrons. The Bertz CT molecular complexity index is 497. The maximum atomic E-state index is 4.52. The van der Waals surface area contributed by atoms with Gasteiger partial charge in [-0.2, -0.15) is 0 Å². The molecule has 2 rings (SSSR count). The van der Waals surface area contributed by atoms with Crippen molar-refractivity contribution in [3.8, 4) is 0 Å². The molecule has 0 saturated carbocycles. The third kappa shape index (κ3) is 3.44. The average molecular weight is 280 g/mol. The van der Waals surface area contributed by atoms with Gasteiger partial charge in [0.2, 0.25) is 0 Å². The number of nitrogens with zero attached hydrogens (tertiary/aromatic N) is 1. The summed E-state index contributed by atoms with van der Waals surface area (Å²) in [5.41, 5.74) is 1.30. The van der Waals surface area contributed by atoms with Crippen LogP contribution in [0.5, 0.6) is 0 Å². The Morgan fingerprint density at radius 1 is 1.12 bits per heavy atom. The Morgan fingerprint density at radius 3 is 2.29 bits per heavy atom. The first-order valence-corrected chi connectivity index (χ1v) is 10.8. The summed E-state index contributed by atoms with van der Waals surface area (Å²) in [5, 5.41) is 0. The molecule has 1 nitrogen and oxygen atoms in total. The molecular weight excluding hydrogens is 262 g/mol. The van der Waals surface area contributed by atoms with Crippen molar-refractivity contribution in [2.24, 2.45) is 0 Å². The Morgan fingerprint density at radius 2 is 1.76 bits per heavy atom. The van der Waals surface area contributed by atoms with Crippen molar-refractivity contribution in [3.63, 3.8) is 0 Å². The number of aryl methyl sites for hydroxylation is 1. The van der Waals surface area contributed by atoms with Gasteiger partial charge >= 0.3 is 0 Å². The van der Waals surface area contributed by atoms with Crippen LogP contribution in [0.3, 0.4) is 0 Å². The molecule has 0 saturated heterocycles. The Labute approximate surface area is 112 Å². The van der Waals surface area contributed by atoms with E-state index in [-0.39, 0.29) is 0 Å². The predicted molar refractivity (Wildman–Crippen MR) is 80.4 cm³/mol. The maximum Gasteiger partial charge on any atom is 0.154 e. The summed E-state index contributed by atoms with van der Waals surface area (Å²) in [4.78, 5) is 5.79. The molecule has 0 bridgehead atoms. The second-order valence-corrected chi connectivity index (χ2v) is 12.9. The molecule has 0 aliphatic heterocycles. The van der Waals surface area contributed by atoms with Gasteiger partial charge in [-0.3, -0.25) is 0 Å². The molecule has 0 spiro atoms. The van der Waals surface area contributed by atoms with Gasteiger partial charge < -0.3 is 0 Å². The van der Waals surface area contributed by atoms with E-state index in [1.807, 2.05) is 11.3 Å². The number of aromatic nitrogens is 1.